The second kappa shape index (κ2) is 7.08. The van der Waals surface area contributed by atoms with Crippen molar-refractivity contribution in [2.75, 3.05) is 13.6 Å². The molecule has 0 saturated carbocycles. The van der Waals surface area contributed by atoms with Gasteiger partial charge in [0.1, 0.15) is 0 Å². The summed E-state index contributed by atoms with van der Waals surface area (Å²) in [6.45, 7) is 2.37. The molecular formula is C17H17Cl2NO. The molecule has 0 heterocycles. The normalized spacial score (nSPS) is 12.4. The van der Waals surface area contributed by atoms with Crippen molar-refractivity contribution in [3.8, 4) is 0 Å². The highest BCUT2D eigenvalue weighted by Gasteiger charge is 2.17. The number of halogens is 2. The first-order valence-corrected chi connectivity index (χ1v) is 7.48. The molecule has 4 heteroatoms. The Labute approximate surface area is 135 Å². The summed E-state index contributed by atoms with van der Waals surface area (Å²) in [5.41, 5.74) is 1.68. The second-order valence-corrected chi connectivity index (χ2v) is 5.89. The Hall–Kier alpha value is -1.35. The first kappa shape index (κ1) is 16.0. The summed E-state index contributed by atoms with van der Waals surface area (Å²) in [7, 11) is 1.92. The van der Waals surface area contributed by atoms with E-state index in [1.165, 1.54) is 0 Å². The van der Waals surface area contributed by atoms with E-state index in [4.69, 9.17) is 23.2 Å². The summed E-state index contributed by atoms with van der Waals surface area (Å²) in [5.74, 6) is 0.0175. The number of nitrogens with zero attached hydrogens (tertiary/aromatic N) is 1. The molecule has 2 aromatic carbocycles. The van der Waals surface area contributed by atoms with Crippen LogP contribution in [0.3, 0.4) is 0 Å². The fourth-order valence-electron chi connectivity index (χ4n) is 2.13. The minimum Gasteiger partial charge on any atom is -0.293 e. The van der Waals surface area contributed by atoms with Crippen LogP contribution < -0.4 is 0 Å². The standard InChI is InChI=1S/C17H17Cl2NO/c1-12(13-7-9-14(18)10-8-13)20(2)11-17(21)15-5-3-4-6-16(15)19/h3-10,12H,11H2,1-2H3. The van der Waals surface area contributed by atoms with E-state index < -0.39 is 0 Å². The molecule has 0 N–H and O–H groups in total. The van der Waals surface area contributed by atoms with Gasteiger partial charge in [-0.3, -0.25) is 9.69 Å². The summed E-state index contributed by atoms with van der Waals surface area (Å²) in [4.78, 5) is 14.3. The summed E-state index contributed by atoms with van der Waals surface area (Å²) in [5, 5.41) is 1.20. The fraction of sp³-hybridized carbons (Fsp3) is 0.235. The molecule has 2 rings (SSSR count). The lowest BCUT2D eigenvalue weighted by Gasteiger charge is -2.24. The van der Waals surface area contributed by atoms with Gasteiger partial charge in [-0.2, -0.15) is 0 Å². The predicted octanol–water partition coefficient (Wildman–Crippen LogP) is 4.87. The van der Waals surface area contributed by atoms with E-state index in [-0.39, 0.29) is 11.8 Å². The number of Topliss-reactive ketones (excluding diaryl/α,β-unsaturated/α-hetero) is 1. The van der Waals surface area contributed by atoms with Crippen LogP contribution in [0.15, 0.2) is 48.5 Å². The van der Waals surface area contributed by atoms with Crippen molar-refractivity contribution in [1.82, 2.24) is 4.90 Å². The van der Waals surface area contributed by atoms with Crippen molar-refractivity contribution in [2.45, 2.75) is 13.0 Å². The van der Waals surface area contributed by atoms with Crippen molar-refractivity contribution in [1.29, 1.82) is 0 Å². The van der Waals surface area contributed by atoms with Gasteiger partial charge in [0.05, 0.1) is 11.6 Å². The van der Waals surface area contributed by atoms with E-state index in [1.807, 2.05) is 48.3 Å². The van der Waals surface area contributed by atoms with Crippen molar-refractivity contribution in [3.63, 3.8) is 0 Å². The maximum Gasteiger partial charge on any atom is 0.178 e. The summed E-state index contributed by atoms with van der Waals surface area (Å²) >= 11 is 12.0. The van der Waals surface area contributed by atoms with Crippen LogP contribution in [-0.2, 0) is 0 Å². The van der Waals surface area contributed by atoms with Crippen LogP contribution in [-0.4, -0.2) is 24.3 Å². The number of rotatable bonds is 5. The van der Waals surface area contributed by atoms with Crippen LogP contribution >= 0.6 is 23.2 Å². The maximum absolute atomic E-state index is 12.3. The molecule has 0 radical (unpaired) electrons. The number of hydrogen-bond donors (Lipinski definition) is 0. The van der Waals surface area contributed by atoms with Crippen molar-refractivity contribution in [3.05, 3.63) is 69.7 Å². The van der Waals surface area contributed by atoms with Crippen LogP contribution in [0.1, 0.15) is 28.9 Å². The molecule has 1 unspecified atom stereocenters. The Morgan fingerprint density at radius 1 is 1.10 bits per heavy atom. The van der Waals surface area contributed by atoms with Crippen LogP contribution in [0.2, 0.25) is 10.0 Å². The van der Waals surface area contributed by atoms with Crippen molar-refractivity contribution >= 4 is 29.0 Å². The molecule has 0 amide bonds. The zero-order chi connectivity index (χ0) is 15.4. The number of carbonyl (C=O) groups excluding carboxylic acids is 1. The second-order valence-electron chi connectivity index (χ2n) is 5.05. The van der Waals surface area contributed by atoms with Gasteiger partial charge in [-0.15, -0.1) is 0 Å². The van der Waals surface area contributed by atoms with Gasteiger partial charge in [0.2, 0.25) is 0 Å². The topological polar surface area (TPSA) is 20.3 Å². The van der Waals surface area contributed by atoms with Crippen LogP contribution in [0, 0.1) is 0 Å². The third-order valence-corrected chi connectivity index (χ3v) is 4.16. The maximum atomic E-state index is 12.3. The zero-order valence-electron chi connectivity index (χ0n) is 12.0. The molecule has 0 aliphatic heterocycles. The Balaban J connectivity index is 2.07. The van der Waals surface area contributed by atoms with Gasteiger partial charge in [0, 0.05) is 16.6 Å². The molecule has 0 aliphatic carbocycles. The van der Waals surface area contributed by atoms with Gasteiger partial charge >= 0.3 is 0 Å². The molecule has 110 valence electrons. The first-order chi connectivity index (χ1) is 9.99. The third kappa shape index (κ3) is 4.07. The summed E-state index contributed by atoms with van der Waals surface area (Å²) < 4.78 is 0. The average Bonchev–Trinajstić information content (AvgIpc) is 2.47. The Kier molecular flexibility index (Phi) is 5.40. The minimum atomic E-state index is 0.0175. The third-order valence-electron chi connectivity index (χ3n) is 3.58. The molecule has 0 spiro atoms. The highest BCUT2D eigenvalue weighted by atomic mass is 35.5. The Bertz CT molecular complexity index is 625. The van der Waals surface area contributed by atoms with Gasteiger partial charge in [-0.05, 0) is 43.8 Å². The Morgan fingerprint density at radius 3 is 2.33 bits per heavy atom. The SMILES string of the molecule is CC(c1ccc(Cl)cc1)N(C)CC(=O)c1ccccc1Cl. The molecule has 0 aromatic heterocycles. The largest absolute Gasteiger partial charge is 0.293 e. The van der Waals surface area contributed by atoms with Crippen molar-refractivity contribution < 1.29 is 4.79 Å². The van der Waals surface area contributed by atoms with Gasteiger partial charge < -0.3 is 0 Å². The zero-order valence-corrected chi connectivity index (χ0v) is 13.5. The first-order valence-electron chi connectivity index (χ1n) is 6.72. The van der Waals surface area contributed by atoms with Gasteiger partial charge in [0.25, 0.3) is 0 Å². The average molecular weight is 322 g/mol. The Morgan fingerprint density at radius 2 is 1.71 bits per heavy atom. The van der Waals surface area contributed by atoms with E-state index in [0.717, 1.165) is 5.56 Å². The lowest BCUT2D eigenvalue weighted by Crippen LogP contribution is -2.28. The lowest BCUT2D eigenvalue weighted by molar-refractivity contribution is 0.0925. The van der Waals surface area contributed by atoms with Crippen LogP contribution in [0.4, 0.5) is 0 Å². The van der Waals surface area contributed by atoms with E-state index in [0.29, 0.717) is 22.2 Å². The van der Waals surface area contributed by atoms with Gasteiger partial charge in [0.15, 0.2) is 5.78 Å². The highest BCUT2D eigenvalue weighted by molar-refractivity contribution is 6.34. The van der Waals surface area contributed by atoms with E-state index >= 15 is 0 Å². The highest BCUT2D eigenvalue weighted by Crippen LogP contribution is 2.22. The monoisotopic (exact) mass is 321 g/mol. The molecular weight excluding hydrogens is 305 g/mol. The van der Waals surface area contributed by atoms with Crippen molar-refractivity contribution in [2.24, 2.45) is 0 Å². The molecule has 0 fully saturated rings. The van der Waals surface area contributed by atoms with E-state index in [2.05, 4.69) is 6.92 Å². The molecule has 0 saturated heterocycles. The molecule has 1 atom stereocenters. The predicted molar refractivity (Wildman–Crippen MR) is 88.3 cm³/mol. The summed E-state index contributed by atoms with van der Waals surface area (Å²) in [6.07, 6.45) is 0. The quantitative estimate of drug-likeness (QED) is 0.732. The summed E-state index contributed by atoms with van der Waals surface area (Å²) in [6, 6.07) is 14.9. The van der Waals surface area contributed by atoms with Gasteiger partial charge in [-0.25, -0.2) is 0 Å². The minimum absolute atomic E-state index is 0.0175. The molecule has 21 heavy (non-hydrogen) atoms. The number of benzene rings is 2. The number of likely N-dealkylation sites (N-methyl/N-ethyl adjacent to an activating group) is 1. The lowest BCUT2D eigenvalue weighted by atomic mass is 10.1. The van der Waals surface area contributed by atoms with Crippen LogP contribution in [0.25, 0.3) is 0 Å². The van der Waals surface area contributed by atoms with E-state index in [1.54, 1.807) is 12.1 Å². The van der Waals surface area contributed by atoms with E-state index in [9.17, 15) is 4.79 Å². The van der Waals surface area contributed by atoms with Gasteiger partial charge in [-0.1, -0.05) is 47.5 Å². The molecule has 0 bridgehead atoms. The number of carbonyl (C=O) groups is 1. The smallest absolute Gasteiger partial charge is 0.178 e. The molecule has 2 nitrogen and oxygen atoms in total. The van der Waals surface area contributed by atoms with Crippen LogP contribution in [0.5, 0.6) is 0 Å². The fourth-order valence-corrected chi connectivity index (χ4v) is 2.50. The molecule has 0 aliphatic rings. The number of ketones is 1. The number of hydrogen-bond acceptors (Lipinski definition) is 2. The molecule has 2 aromatic rings.